The maximum Gasteiger partial charge on any atom is 0.256 e. The van der Waals surface area contributed by atoms with E-state index in [1.807, 2.05) is 0 Å². The molecule has 3 N–H and O–H groups in total. The Morgan fingerprint density at radius 2 is 2.13 bits per heavy atom. The van der Waals surface area contributed by atoms with E-state index < -0.39 is 5.91 Å². The number of benzene rings is 1. The molecule has 3 rings (SSSR count). The molecular weight excluding hydrogens is 384 g/mol. The van der Waals surface area contributed by atoms with Gasteiger partial charge in [-0.3, -0.25) is 14.6 Å². The standard InChI is InChI=1S/C22H24N4O4/c23-11-4-8-17-16(7-5-12-25-17)22(29)26-13-2-1-6-15(26)14-30-19-10-3-9-18(27)20(19)21(24)28/h3,5,7,9-10,12,15,27H,1-2,4,6,8,13-14H2,(H2,24,28)/t15-/m0/s1. The molecule has 2 heterocycles. The van der Waals surface area contributed by atoms with E-state index in [9.17, 15) is 14.7 Å². The molecule has 0 saturated carbocycles. The zero-order valence-corrected chi connectivity index (χ0v) is 16.6. The van der Waals surface area contributed by atoms with Gasteiger partial charge in [0.15, 0.2) is 0 Å². The molecule has 0 unspecified atom stereocenters. The number of rotatable bonds is 7. The van der Waals surface area contributed by atoms with Gasteiger partial charge in [0.1, 0.15) is 23.7 Å². The molecule has 0 bridgehead atoms. The topological polar surface area (TPSA) is 130 Å². The first-order valence-electron chi connectivity index (χ1n) is 9.89. The number of carbonyl (C=O) groups excluding carboxylic acids is 2. The Labute approximate surface area is 174 Å². The number of nitriles is 1. The van der Waals surface area contributed by atoms with E-state index in [0.29, 0.717) is 24.2 Å². The molecule has 156 valence electrons. The predicted molar refractivity (Wildman–Crippen MR) is 109 cm³/mol. The molecule has 2 amide bonds. The second kappa shape index (κ2) is 9.74. The van der Waals surface area contributed by atoms with Crippen LogP contribution in [0.2, 0.25) is 0 Å². The highest BCUT2D eigenvalue weighted by molar-refractivity contribution is 5.98. The third kappa shape index (κ3) is 4.69. The summed E-state index contributed by atoms with van der Waals surface area (Å²) in [6, 6.07) is 9.84. The number of amides is 2. The lowest BCUT2D eigenvalue weighted by atomic mass is 10.00. The number of likely N-dealkylation sites (tertiary alicyclic amines) is 1. The fourth-order valence-corrected chi connectivity index (χ4v) is 3.68. The molecular formula is C22H24N4O4. The van der Waals surface area contributed by atoms with E-state index in [2.05, 4.69) is 11.1 Å². The van der Waals surface area contributed by atoms with Crippen LogP contribution in [0.15, 0.2) is 36.5 Å². The maximum atomic E-state index is 13.3. The van der Waals surface area contributed by atoms with Crippen LogP contribution in [0.4, 0.5) is 0 Å². The Morgan fingerprint density at radius 1 is 1.30 bits per heavy atom. The molecule has 30 heavy (non-hydrogen) atoms. The molecule has 1 aromatic carbocycles. The summed E-state index contributed by atoms with van der Waals surface area (Å²) in [6.07, 6.45) is 4.91. The molecule has 8 nitrogen and oxygen atoms in total. The first-order chi connectivity index (χ1) is 14.5. The normalized spacial score (nSPS) is 16.0. The van der Waals surface area contributed by atoms with Gasteiger partial charge in [-0.25, -0.2) is 0 Å². The average molecular weight is 408 g/mol. The lowest BCUT2D eigenvalue weighted by Gasteiger charge is -2.36. The van der Waals surface area contributed by atoms with Gasteiger partial charge in [0, 0.05) is 25.6 Å². The van der Waals surface area contributed by atoms with Gasteiger partial charge in [0.2, 0.25) is 0 Å². The fraction of sp³-hybridized carbons (Fsp3) is 0.364. The number of nitrogens with zero attached hydrogens (tertiary/aromatic N) is 3. The van der Waals surface area contributed by atoms with Crippen LogP contribution >= 0.6 is 0 Å². The van der Waals surface area contributed by atoms with Crippen molar-refractivity contribution in [1.82, 2.24) is 9.88 Å². The molecule has 1 aromatic heterocycles. The maximum absolute atomic E-state index is 13.3. The van der Waals surface area contributed by atoms with Gasteiger partial charge in [-0.15, -0.1) is 0 Å². The Balaban J connectivity index is 1.78. The van der Waals surface area contributed by atoms with Gasteiger partial charge in [0.25, 0.3) is 11.8 Å². The van der Waals surface area contributed by atoms with Crippen molar-refractivity contribution in [2.45, 2.75) is 38.1 Å². The number of nitrogens with two attached hydrogens (primary N) is 1. The SMILES string of the molecule is N#CCCc1ncccc1C(=O)N1CCCC[C@H]1COc1cccc(O)c1C(N)=O. The first-order valence-corrected chi connectivity index (χ1v) is 9.89. The Hall–Kier alpha value is -3.60. The van der Waals surface area contributed by atoms with E-state index >= 15 is 0 Å². The second-order valence-corrected chi connectivity index (χ2v) is 7.13. The van der Waals surface area contributed by atoms with E-state index in [-0.39, 0.29) is 42.0 Å². The van der Waals surface area contributed by atoms with Crippen LogP contribution < -0.4 is 10.5 Å². The highest BCUT2D eigenvalue weighted by Crippen LogP contribution is 2.28. The summed E-state index contributed by atoms with van der Waals surface area (Å²) in [5.41, 5.74) is 6.39. The number of carbonyl (C=O) groups is 2. The number of hydrogen-bond acceptors (Lipinski definition) is 6. The summed E-state index contributed by atoms with van der Waals surface area (Å²) in [4.78, 5) is 31.0. The second-order valence-electron chi connectivity index (χ2n) is 7.13. The van der Waals surface area contributed by atoms with Crippen LogP contribution in [0.3, 0.4) is 0 Å². The van der Waals surface area contributed by atoms with Gasteiger partial charge >= 0.3 is 0 Å². The number of primary amides is 1. The van der Waals surface area contributed by atoms with Crippen LogP contribution in [0.1, 0.15) is 52.1 Å². The van der Waals surface area contributed by atoms with Crippen LogP contribution in [0.25, 0.3) is 0 Å². The monoisotopic (exact) mass is 408 g/mol. The van der Waals surface area contributed by atoms with Gasteiger partial charge in [-0.05, 0) is 43.5 Å². The molecule has 0 radical (unpaired) electrons. The van der Waals surface area contributed by atoms with Crippen LogP contribution in [0, 0.1) is 11.3 Å². The summed E-state index contributed by atoms with van der Waals surface area (Å²) in [5.74, 6) is -0.974. The zero-order chi connectivity index (χ0) is 21.5. The minimum atomic E-state index is -0.780. The van der Waals surface area contributed by atoms with Crippen molar-refractivity contribution in [1.29, 1.82) is 5.26 Å². The summed E-state index contributed by atoms with van der Waals surface area (Å²) < 4.78 is 5.82. The number of ether oxygens (including phenoxy) is 1. The van der Waals surface area contributed by atoms with Crippen molar-refractivity contribution in [3.05, 3.63) is 53.3 Å². The highest BCUT2D eigenvalue weighted by atomic mass is 16.5. The Bertz CT molecular complexity index is 970. The zero-order valence-electron chi connectivity index (χ0n) is 16.6. The first kappa shape index (κ1) is 21.1. The van der Waals surface area contributed by atoms with Crippen molar-refractivity contribution in [3.8, 4) is 17.6 Å². The third-order valence-electron chi connectivity index (χ3n) is 5.16. The largest absolute Gasteiger partial charge is 0.507 e. The van der Waals surface area contributed by atoms with E-state index in [4.69, 9.17) is 15.7 Å². The number of aryl methyl sites for hydroxylation is 1. The lowest BCUT2D eigenvalue weighted by Crippen LogP contribution is -2.47. The number of aromatic hydroxyl groups is 1. The van der Waals surface area contributed by atoms with Crippen LogP contribution in [0.5, 0.6) is 11.5 Å². The molecule has 8 heteroatoms. The van der Waals surface area contributed by atoms with Crippen LogP contribution in [-0.2, 0) is 6.42 Å². The number of phenols is 1. The van der Waals surface area contributed by atoms with Gasteiger partial charge < -0.3 is 20.5 Å². The van der Waals surface area contributed by atoms with Crippen LogP contribution in [-0.4, -0.2) is 46.0 Å². The summed E-state index contributed by atoms with van der Waals surface area (Å²) >= 11 is 0. The van der Waals surface area contributed by atoms with Crippen molar-refractivity contribution in [3.63, 3.8) is 0 Å². The molecule has 1 fully saturated rings. The number of aromatic nitrogens is 1. The lowest BCUT2D eigenvalue weighted by molar-refractivity contribution is 0.0524. The molecule has 1 aliphatic heterocycles. The number of hydrogen-bond donors (Lipinski definition) is 2. The minimum absolute atomic E-state index is 0.0720. The minimum Gasteiger partial charge on any atom is -0.507 e. The van der Waals surface area contributed by atoms with Crippen molar-refractivity contribution in [2.75, 3.05) is 13.2 Å². The van der Waals surface area contributed by atoms with Crippen molar-refractivity contribution < 1.29 is 19.4 Å². The summed E-state index contributed by atoms with van der Waals surface area (Å²) in [6.45, 7) is 0.755. The Morgan fingerprint density at radius 3 is 2.90 bits per heavy atom. The molecule has 0 aliphatic carbocycles. The van der Waals surface area contributed by atoms with Crippen molar-refractivity contribution >= 4 is 11.8 Å². The van der Waals surface area contributed by atoms with E-state index in [0.717, 1.165) is 19.3 Å². The molecule has 1 atom stereocenters. The number of pyridine rings is 1. The number of piperidine rings is 1. The Kier molecular flexibility index (Phi) is 6.86. The quantitative estimate of drug-likeness (QED) is 0.724. The third-order valence-corrected chi connectivity index (χ3v) is 5.16. The molecule has 1 saturated heterocycles. The fourth-order valence-electron chi connectivity index (χ4n) is 3.68. The molecule has 2 aromatic rings. The molecule has 0 spiro atoms. The predicted octanol–water partition coefficient (Wildman–Crippen LogP) is 2.42. The smallest absolute Gasteiger partial charge is 0.256 e. The average Bonchev–Trinajstić information content (AvgIpc) is 2.76. The van der Waals surface area contributed by atoms with Gasteiger partial charge in [0.05, 0.1) is 23.4 Å². The highest BCUT2D eigenvalue weighted by Gasteiger charge is 2.30. The summed E-state index contributed by atoms with van der Waals surface area (Å²) in [5, 5.41) is 18.8. The van der Waals surface area contributed by atoms with Gasteiger partial charge in [-0.2, -0.15) is 5.26 Å². The summed E-state index contributed by atoms with van der Waals surface area (Å²) in [7, 11) is 0. The van der Waals surface area contributed by atoms with E-state index in [1.165, 1.54) is 6.07 Å². The van der Waals surface area contributed by atoms with E-state index in [1.54, 1.807) is 35.4 Å². The van der Waals surface area contributed by atoms with Crippen molar-refractivity contribution in [2.24, 2.45) is 5.73 Å². The molecule has 1 aliphatic rings. The van der Waals surface area contributed by atoms with Gasteiger partial charge in [-0.1, -0.05) is 6.07 Å².